The maximum absolute atomic E-state index is 13.6. The van der Waals surface area contributed by atoms with Gasteiger partial charge < -0.3 is 9.84 Å². The second kappa shape index (κ2) is 8.89. The third-order valence-corrected chi connectivity index (χ3v) is 5.91. The number of benzene rings is 3. The van der Waals surface area contributed by atoms with E-state index in [1.165, 1.54) is 48.4 Å². The standard InChI is InChI=1S/C25H18Cl2FNO4/c1-13-3-9-17(10-4-13)29-21(14-5-7-16(28)8-6-14)20(23(31)25(29)32)22(30)18-11-15(26)12-19(27)24(18)33-2/h3-12,21,30H,1-2H3/b22-20+. The number of carbonyl (C=O) groups excluding carboxylic acids is 2. The van der Waals surface area contributed by atoms with Crippen LogP contribution in [0.4, 0.5) is 10.1 Å². The molecule has 0 radical (unpaired) electrons. The number of ether oxygens (including phenoxy) is 1. The Balaban J connectivity index is 2.00. The molecule has 1 aliphatic rings. The van der Waals surface area contributed by atoms with Crippen molar-refractivity contribution in [1.82, 2.24) is 0 Å². The van der Waals surface area contributed by atoms with Crippen molar-refractivity contribution in [3.63, 3.8) is 0 Å². The highest BCUT2D eigenvalue weighted by Crippen LogP contribution is 2.44. The quantitative estimate of drug-likeness (QED) is 0.276. The lowest BCUT2D eigenvalue weighted by molar-refractivity contribution is -0.132. The Labute approximate surface area is 199 Å². The van der Waals surface area contributed by atoms with Gasteiger partial charge in [-0.2, -0.15) is 0 Å². The summed E-state index contributed by atoms with van der Waals surface area (Å²) in [5.74, 6) is -2.62. The minimum atomic E-state index is -1.02. The highest BCUT2D eigenvalue weighted by Gasteiger charge is 2.47. The Hall–Kier alpha value is -3.35. The number of nitrogens with zero attached hydrogens (tertiary/aromatic N) is 1. The molecule has 0 bridgehead atoms. The van der Waals surface area contributed by atoms with Gasteiger partial charge in [-0.3, -0.25) is 14.5 Å². The van der Waals surface area contributed by atoms with E-state index in [4.69, 9.17) is 27.9 Å². The van der Waals surface area contributed by atoms with Gasteiger partial charge in [-0.15, -0.1) is 0 Å². The average Bonchev–Trinajstić information content (AvgIpc) is 3.04. The van der Waals surface area contributed by atoms with Crippen LogP contribution in [0.25, 0.3) is 5.76 Å². The molecule has 33 heavy (non-hydrogen) atoms. The van der Waals surface area contributed by atoms with E-state index < -0.39 is 29.3 Å². The number of hydrogen-bond donors (Lipinski definition) is 1. The minimum Gasteiger partial charge on any atom is -0.507 e. The van der Waals surface area contributed by atoms with Gasteiger partial charge in [0.25, 0.3) is 11.7 Å². The molecular weight excluding hydrogens is 468 g/mol. The molecule has 0 aliphatic carbocycles. The fourth-order valence-corrected chi connectivity index (χ4v) is 4.42. The zero-order valence-electron chi connectivity index (χ0n) is 17.6. The number of Topliss-reactive ketones (excluding diaryl/α,β-unsaturated/α-hetero) is 1. The van der Waals surface area contributed by atoms with E-state index in [0.29, 0.717) is 11.3 Å². The second-order valence-corrected chi connectivity index (χ2v) is 8.37. The molecule has 1 aliphatic heterocycles. The second-order valence-electron chi connectivity index (χ2n) is 7.52. The van der Waals surface area contributed by atoms with E-state index in [1.54, 1.807) is 24.3 Å². The van der Waals surface area contributed by atoms with Gasteiger partial charge >= 0.3 is 0 Å². The SMILES string of the molecule is COc1c(Cl)cc(Cl)cc1/C(O)=C1\C(=O)C(=O)N(c2ccc(C)cc2)C1c1ccc(F)cc1. The highest BCUT2D eigenvalue weighted by molar-refractivity contribution is 6.51. The van der Waals surface area contributed by atoms with Crippen LogP contribution in [0.2, 0.25) is 10.0 Å². The lowest BCUT2D eigenvalue weighted by Crippen LogP contribution is -2.29. The summed E-state index contributed by atoms with van der Waals surface area (Å²) in [6, 6.07) is 14.2. The summed E-state index contributed by atoms with van der Waals surface area (Å²) in [7, 11) is 1.36. The summed E-state index contributed by atoms with van der Waals surface area (Å²) in [6.45, 7) is 1.89. The third kappa shape index (κ3) is 4.08. The van der Waals surface area contributed by atoms with E-state index in [9.17, 15) is 19.1 Å². The molecule has 3 aromatic rings. The topological polar surface area (TPSA) is 66.8 Å². The number of aliphatic hydroxyl groups is 1. The van der Waals surface area contributed by atoms with Gasteiger partial charge in [0.05, 0.1) is 29.3 Å². The molecule has 4 rings (SSSR count). The zero-order valence-corrected chi connectivity index (χ0v) is 19.1. The van der Waals surface area contributed by atoms with E-state index >= 15 is 0 Å². The van der Waals surface area contributed by atoms with Crippen LogP contribution in [0.5, 0.6) is 5.75 Å². The molecule has 0 aromatic heterocycles. The summed E-state index contributed by atoms with van der Waals surface area (Å²) in [5, 5.41) is 11.6. The Morgan fingerprint density at radius 3 is 2.27 bits per heavy atom. The molecule has 0 saturated carbocycles. The number of amides is 1. The number of hydrogen-bond acceptors (Lipinski definition) is 4. The summed E-state index contributed by atoms with van der Waals surface area (Å²) < 4.78 is 19.0. The van der Waals surface area contributed by atoms with Crippen molar-refractivity contribution in [2.24, 2.45) is 0 Å². The minimum absolute atomic E-state index is 0.0593. The van der Waals surface area contributed by atoms with E-state index in [0.717, 1.165) is 5.56 Å². The number of anilines is 1. The smallest absolute Gasteiger partial charge is 0.300 e. The fraction of sp³-hybridized carbons (Fsp3) is 0.120. The number of methoxy groups -OCH3 is 1. The van der Waals surface area contributed by atoms with Crippen LogP contribution >= 0.6 is 23.2 Å². The van der Waals surface area contributed by atoms with Crippen LogP contribution in [0, 0.1) is 12.7 Å². The van der Waals surface area contributed by atoms with Gasteiger partial charge in [-0.1, -0.05) is 53.0 Å². The van der Waals surface area contributed by atoms with E-state index in [2.05, 4.69) is 0 Å². The van der Waals surface area contributed by atoms with Gasteiger partial charge in [0.1, 0.15) is 17.3 Å². The van der Waals surface area contributed by atoms with Crippen molar-refractivity contribution in [1.29, 1.82) is 0 Å². The van der Waals surface area contributed by atoms with Gasteiger partial charge in [0.2, 0.25) is 0 Å². The Bertz CT molecular complexity index is 1290. The van der Waals surface area contributed by atoms with Crippen LogP contribution in [0.1, 0.15) is 22.7 Å². The van der Waals surface area contributed by atoms with Crippen LogP contribution in [-0.2, 0) is 9.59 Å². The average molecular weight is 486 g/mol. The molecule has 5 nitrogen and oxygen atoms in total. The molecule has 8 heteroatoms. The Morgan fingerprint density at radius 1 is 1.03 bits per heavy atom. The number of aliphatic hydroxyl groups excluding tert-OH is 1. The van der Waals surface area contributed by atoms with Crippen LogP contribution in [-0.4, -0.2) is 23.9 Å². The first kappa shape index (κ1) is 22.8. The van der Waals surface area contributed by atoms with Gasteiger partial charge in [-0.05, 0) is 48.9 Å². The van der Waals surface area contributed by atoms with Crippen molar-refractivity contribution in [3.8, 4) is 5.75 Å². The molecule has 1 saturated heterocycles. The molecule has 1 N–H and O–H groups in total. The Kier molecular flexibility index (Phi) is 6.15. The molecule has 1 unspecified atom stereocenters. The zero-order chi connectivity index (χ0) is 23.9. The van der Waals surface area contributed by atoms with E-state index in [1.807, 2.05) is 6.92 Å². The first-order chi connectivity index (χ1) is 15.7. The molecule has 1 heterocycles. The van der Waals surface area contributed by atoms with Crippen molar-refractivity contribution in [2.75, 3.05) is 12.0 Å². The van der Waals surface area contributed by atoms with Gasteiger partial charge in [0, 0.05) is 10.7 Å². The lowest BCUT2D eigenvalue weighted by atomic mass is 9.94. The van der Waals surface area contributed by atoms with Crippen molar-refractivity contribution in [3.05, 3.63) is 98.8 Å². The number of carbonyl (C=O) groups is 2. The molecule has 168 valence electrons. The van der Waals surface area contributed by atoms with Crippen molar-refractivity contribution < 1.29 is 23.8 Å². The van der Waals surface area contributed by atoms with Gasteiger partial charge in [-0.25, -0.2) is 4.39 Å². The first-order valence-corrected chi connectivity index (χ1v) is 10.6. The molecule has 1 atom stereocenters. The van der Waals surface area contributed by atoms with Crippen LogP contribution in [0.3, 0.4) is 0 Å². The molecule has 3 aromatic carbocycles. The van der Waals surface area contributed by atoms with E-state index in [-0.39, 0.29) is 26.9 Å². The summed E-state index contributed by atoms with van der Waals surface area (Å²) in [6.07, 6.45) is 0. The molecule has 0 spiro atoms. The summed E-state index contributed by atoms with van der Waals surface area (Å²) in [4.78, 5) is 27.6. The number of ketones is 1. The van der Waals surface area contributed by atoms with Gasteiger partial charge in [0.15, 0.2) is 0 Å². The monoisotopic (exact) mass is 485 g/mol. The summed E-state index contributed by atoms with van der Waals surface area (Å²) in [5.41, 5.74) is 1.72. The normalized spacial score (nSPS) is 17.5. The molecule has 1 amide bonds. The number of halogens is 3. The largest absolute Gasteiger partial charge is 0.507 e. The molecule has 1 fully saturated rings. The van der Waals surface area contributed by atoms with Crippen molar-refractivity contribution in [2.45, 2.75) is 13.0 Å². The Morgan fingerprint density at radius 2 is 1.67 bits per heavy atom. The summed E-state index contributed by atoms with van der Waals surface area (Å²) >= 11 is 12.3. The fourth-order valence-electron chi connectivity index (χ4n) is 3.85. The predicted octanol–water partition coefficient (Wildman–Crippen LogP) is 6.08. The number of rotatable bonds is 4. The predicted molar refractivity (Wildman–Crippen MR) is 125 cm³/mol. The molecular formula is C25H18Cl2FNO4. The lowest BCUT2D eigenvalue weighted by Gasteiger charge is -2.25. The number of aryl methyl sites for hydroxylation is 1. The maximum atomic E-state index is 13.6. The highest BCUT2D eigenvalue weighted by atomic mass is 35.5. The van der Waals surface area contributed by atoms with Crippen molar-refractivity contribution >= 4 is 46.3 Å². The first-order valence-electron chi connectivity index (χ1n) is 9.89. The van der Waals surface area contributed by atoms with Crippen LogP contribution < -0.4 is 9.64 Å². The van der Waals surface area contributed by atoms with Crippen LogP contribution in [0.15, 0.2) is 66.2 Å². The third-order valence-electron chi connectivity index (χ3n) is 5.41. The maximum Gasteiger partial charge on any atom is 0.300 e.